The van der Waals surface area contributed by atoms with E-state index in [9.17, 15) is 9.59 Å². The zero-order chi connectivity index (χ0) is 38.3. The van der Waals surface area contributed by atoms with Crippen molar-refractivity contribution in [1.29, 1.82) is 0 Å². The lowest BCUT2D eigenvalue weighted by molar-refractivity contribution is -0.133. The molecule has 0 heterocycles. The lowest BCUT2D eigenvalue weighted by atomic mass is 10.0. The van der Waals surface area contributed by atoms with Gasteiger partial charge in [0.25, 0.3) is 0 Å². The molecular formula is C46H94N4O2. The smallest absolute Gasteiger partial charge is 0.222 e. The Balaban J connectivity index is 4.43. The molecule has 0 saturated heterocycles. The molecule has 310 valence electrons. The summed E-state index contributed by atoms with van der Waals surface area (Å²) >= 11 is 0. The van der Waals surface area contributed by atoms with Gasteiger partial charge in [0.2, 0.25) is 11.8 Å². The second kappa shape index (κ2) is 39.6. The fraction of sp³-hybridized carbons (Fsp3) is 0.957. The van der Waals surface area contributed by atoms with Crippen molar-refractivity contribution < 1.29 is 9.59 Å². The molecule has 6 heteroatoms. The van der Waals surface area contributed by atoms with Crippen molar-refractivity contribution in [1.82, 2.24) is 19.6 Å². The van der Waals surface area contributed by atoms with Crippen molar-refractivity contribution in [2.24, 2.45) is 0 Å². The number of hydrogen-bond donors (Lipinski definition) is 0. The Bertz CT molecular complexity index is 697. The maximum Gasteiger partial charge on any atom is 0.222 e. The van der Waals surface area contributed by atoms with Crippen LogP contribution in [-0.2, 0) is 9.59 Å². The summed E-state index contributed by atoms with van der Waals surface area (Å²) in [7, 11) is 8.44. The molecule has 0 spiro atoms. The highest BCUT2D eigenvalue weighted by Gasteiger charge is 2.16. The first-order chi connectivity index (χ1) is 25.3. The van der Waals surface area contributed by atoms with E-state index in [1.807, 2.05) is 0 Å². The Kier molecular flexibility index (Phi) is 38.7. The molecule has 0 bridgehead atoms. The van der Waals surface area contributed by atoms with E-state index in [4.69, 9.17) is 0 Å². The van der Waals surface area contributed by atoms with Gasteiger partial charge in [-0.15, -0.1) is 0 Å². The molecule has 0 aromatic carbocycles. The number of nitrogens with zero attached hydrogens (tertiary/aromatic N) is 4. The molecule has 0 aliphatic rings. The van der Waals surface area contributed by atoms with E-state index in [2.05, 4.69) is 61.6 Å². The first-order valence-corrected chi connectivity index (χ1v) is 23.2. The summed E-state index contributed by atoms with van der Waals surface area (Å²) in [6, 6.07) is 0. The minimum atomic E-state index is 0.336. The van der Waals surface area contributed by atoms with Gasteiger partial charge in [0, 0.05) is 39.0 Å². The SMILES string of the molecule is CCCCCCCCCCCCCCCC(=O)N(CCCCN(CCCN(C)C)C(=O)CCCCCCCCCCCCCCC)CCCN(C)C. The summed E-state index contributed by atoms with van der Waals surface area (Å²) < 4.78 is 0. The predicted octanol–water partition coefficient (Wildman–Crippen LogP) is 12.3. The minimum absolute atomic E-state index is 0.336. The van der Waals surface area contributed by atoms with Crippen LogP contribution in [0.2, 0.25) is 0 Å². The van der Waals surface area contributed by atoms with Crippen molar-refractivity contribution >= 4 is 11.8 Å². The van der Waals surface area contributed by atoms with Crippen LogP contribution in [-0.4, -0.2) is 98.9 Å². The van der Waals surface area contributed by atoms with Crippen LogP contribution in [0.5, 0.6) is 0 Å². The number of amides is 2. The highest BCUT2D eigenvalue weighted by atomic mass is 16.2. The maximum atomic E-state index is 13.3. The molecule has 0 radical (unpaired) electrons. The molecule has 0 rings (SSSR count). The normalized spacial score (nSPS) is 11.6. The topological polar surface area (TPSA) is 47.1 Å². The Morgan fingerprint density at radius 2 is 0.519 bits per heavy atom. The summed E-state index contributed by atoms with van der Waals surface area (Å²) in [5.74, 6) is 0.673. The predicted molar refractivity (Wildman–Crippen MR) is 229 cm³/mol. The number of carbonyl (C=O) groups is 2. The number of hydrogen-bond acceptors (Lipinski definition) is 4. The second-order valence-corrected chi connectivity index (χ2v) is 16.8. The van der Waals surface area contributed by atoms with Gasteiger partial charge in [0.1, 0.15) is 0 Å². The van der Waals surface area contributed by atoms with E-state index in [-0.39, 0.29) is 0 Å². The summed E-state index contributed by atoms with van der Waals surface area (Å²) in [5, 5.41) is 0. The highest BCUT2D eigenvalue weighted by Crippen LogP contribution is 2.16. The third-order valence-corrected chi connectivity index (χ3v) is 10.9. The summed E-state index contributed by atoms with van der Waals surface area (Å²) in [5.41, 5.74) is 0. The van der Waals surface area contributed by atoms with Crippen molar-refractivity contribution in [2.75, 3.05) is 67.5 Å². The third kappa shape index (κ3) is 35.9. The molecule has 0 aromatic rings. The van der Waals surface area contributed by atoms with Crippen LogP contribution >= 0.6 is 0 Å². The fourth-order valence-electron chi connectivity index (χ4n) is 7.39. The van der Waals surface area contributed by atoms with E-state index in [0.29, 0.717) is 24.7 Å². The molecular weight excluding hydrogens is 641 g/mol. The molecule has 0 unspecified atom stereocenters. The van der Waals surface area contributed by atoms with Crippen LogP contribution in [0, 0.1) is 0 Å². The number of unbranched alkanes of at least 4 members (excludes halogenated alkanes) is 25. The van der Waals surface area contributed by atoms with Crippen LogP contribution in [0.3, 0.4) is 0 Å². The summed E-state index contributed by atoms with van der Waals surface area (Å²) in [6.45, 7) is 9.93. The van der Waals surface area contributed by atoms with E-state index in [0.717, 1.165) is 77.8 Å². The minimum Gasteiger partial charge on any atom is -0.343 e. The number of carbonyl (C=O) groups excluding carboxylic acids is 2. The Labute approximate surface area is 327 Å². The van der Waals surface area contributed by atoms with Gasteiger partial charge >= 0.3 is 0 Å². The lowest BCUT2D eigenvalue weighted by Gasteiger charge is -2.26. The Morgan fingerprint density at radius 1 is 0.288 bits per heavy atom. The molecule has 52 heavy (non-hydrogen) atoms. The van der Waals surface area contributed by atoms with Gasteiger partial charge in [-0.2, -0.15) is 0 Å². The van der Waals surface area contributed by atoms with Crippen LogP contribution in [0.25, 0.3) is 0 Å². The standard InChI is InChI=1S/C46H94N4O2/c1-7-9-11-13-15-17-19-21-23-25-27-29-31-37-45(51)49(43-35-39-47(3)4)41-33-34-42-50(44-36-40-48(5)6)46(52)38-32-30-28-26-24-22-20-18-16-14-12-10-8-2/h7-44H2,1-6H3. The molecule has 0 aliphatic carbocycles. The quantitative estimate of drug-likeness (QED) is 0.0587. The van der Waals surface area contributed by atoms with Crippen LogP contribution < -0.4 is 0 Å². The molecule has 6 nitrogen and oxygen atoms in total. The van der Waals surface area contributed by atoms with Gasteiger partial charge in [-0.1, -0.05) is 168 Å². The molecule has 0 aliphatic heterocycles. The average molecular weight is 735 g/mol. The van der Waals surface area contributed by atoms with Gasteiger partial charge in [0.15, 0.2) is 0 Å². The van der Waals surface area contributed by atoms with Gasteiger partial charge in [-0.05, 0) is 79.8 Å². The van der Waals surface area contributed by atoms with Crippen molar-refractivity contribution in [3.05, 3.63) is 0 Å². The van der Waals surface area contributed by atoms with E-state index < -0.39 is 0 Å². The molecule has 0 N–H and O–H groups in total. The monoisotopic (exact) mass is 735 g/mol. The zero-order valence-electron chi connectivity index (χ0n) is 36.5. The lowest BCUT2D eigenvalue weighted by Crippen LogP contribution is -2.36. The first kappa shape index (κ1) is 50.9. The molecule has 0 fully saturated rings. The molecule has 0 aromatic heterocycles. The maximum absolute atomic E-state index is 13.3. The first-order valence-electron chi connectivity index (χ1n) is 23.2. The van der Waals surface area contributed by atoms with Crippen molar-refractivity contribution in [3.8, 4) is 0 Å². The largest absolute Gasteiger partial charge is 0.343 e. The molecule has 0 atom stereocenters. The van der Waals surface area contributed by atoms with Crippen LogP contribution in [0.1, 0.15) is 219 Å². The Morgan fingerprint density at radius 3 is 0.769 bits per heavy atom. The second-order valence-electron chi connectivity index (χ2n) is 16.8. The fourth-order valence-corrected chi connectivity index (χ4v) is 7.39. The van der Waals surface area contributed by atoms with E-state index >= 15 is 0 Å². The molecule has 2 amide bonds. The third-order valence-electron chi connectivity index (χ3n) is 10.9. The number of rotatable bonds is 41. The van der Waals surface area contributed by atoms with Crippen molar-refractivity contribution in [2.45, 2.75) is 219 Å². The molecule has 0 saturated carbocycles. The average Bonchev–Trinajstić information content (AvgIpc) is 3.11. The van der Waals surface area contributed by atoms with E-state index in [1.165, 1.54) is 154 Å². The summed E-state index contributed by atoms with van der Waals surface area (Å²) in [6.07, 6.45) is 40.0. The van der Waals surface area contributed by atoms with Crippen LogP contribution in [0.15, 0.2) is 0 Å². The summed E-state index contributed by atoms with van der Waals surface area (Å²) in [4.78, 5) is 35.3. The van der Waals surface area contributed by atoms with Gasteiger partial charge < -0.3 is 19.6 Å². The zero-order valence-corrected chi connectivity index (χ0v) is 36.5. The van der Waals surface area contributed by atoms with Crippen molar-refractivity contribution in [3.63, 3.8) is 0 Å². The van der Waals surface area contributed by atoms with Gasteiger partial charge in [0.05, 0.1) is 0 Å². The Hall–Kier alpha value is -1.14. The highest BCUT2D eigenvalue weighted by molar-refractivity contribution is 5.76. The van der Waals surface area contributed by atoms with E-state index in [1.54, 1.807) is 0 Å². The van der Waals surface area contributed by atoms with Gasteiger partial charge in [-0.25, -0.2) is 0 Å². The van der Waals surface area contributed by atoms with Gasteiger partial charge in [-0.3, -0.25) is 9.59 Å². The van der Waals surface area contributed by atoms with Crippen LogP contribution in [0.4, 0.5) is 0 Å².